The Kier molecular flexibility index (Phi) is 4.15. The fourth-order valence-electron chi connectivity index (χ4n) is 2.35. The summed E-state index contributed by atoms with van der Waals surface area (Å²) < 4.78 is 0. The van der Waals surface area contributed by atoms with Gasteiger partial charge in [-0.1, -0.05) is 30.3 Å². The summed E-state index contributed by atoms with van der Waals surface area (Å²) in [4.78, 5) is 2.36. The molecule has 3 nitrogen and oxygen atoms in total. The van der Waals surface area contributed by atoms with Crippen LogP contribution < -0.4 is 5.32 Å². The molecule has 0 amide bonds. The highest BCUT2D eigenvalue weighted by molar-refractivity contribution is 5.17. The largest absolute Gasteiger partial charge is 0.387 e. The third kappa shape index (κ3) is 3.28. The van der Waals surface area contributed by atoms with Gasteiger partial charge in [-0.2, -0.15) is 0 Å². The van der Waals surface area contributed by atoms with Gasteiger partial charge in [0.2, 0.25) is 0 Å². The van der Waals surface area contributed by atoms with Crippen LogP contribution in [0.4, 0.5) is 0 Å². The molecule has 0 saturated carbocycles. The Labute approximate surface area is 103 Å². The highest BCUT2D eigenvalue weighted by Crippen LogP contribution is 2.16. The molecule has 1 saturated heterocycles. The fraction of sp³-hybridized carbons (Fsp3) is 0.571. The van der Waals surface area contributed by atoms with Gasteiger partial charge in [0, 0.05) is 31.7 Å². The van der Waals surface area contributed by atoms with E-state index >= 15 is 0 Å². The number of aliphatic hydroxyl groups excluding tert-OH is 1. The van der Waals surface area contributed by atoms with Crippen molar-refractivity contribution in [3.05, 3.63) is 35.9 Å². The minimum absolute atomic E-state index is 0.385. The molecule has 1 aromatic carbocycles. The molecule has 1 aliphatic heterocycles. The number of nitrogens with one attached hydrogen (secondary N) is 1. The third-order valence-corrected chi connectivity index (χ3v) is 3.49. The molecule has 1 aromatic rings. The lowest BCUT2D eigenvalue weighted by Crippen LogP contribution is -2.55. The molecular weight excluding hydrogens is 212 g/mol. The van der Waals surface area contributed by atoms with Crippen LogP contribution in [-0.4, -0.2) is 41.7 Å². The third-order valence-electron chi connectivity index (χ3n) is 3.49. The summed E-state index contributed by atoms with van der Waals surface area (Å²) in [6, 6.07) is 10.9. The zero-order chi connectivity index (χ0) is 12.3. The summed E-state index contributed by atoms with van der Waals surface area (Å²) in [5, 5.41) is 13.7. The van der Waals surface area contributed by atoms with Crippen molar-refractivity contribution in [1.82, 2.24) is 10.2 Å². The van der Waals surface area contributed by atoms with Gasteiger partial charge in [-0.15, -0.1) is 0 Å². The van der Waals surface area contributed by atoms with Gasteiger partial charge in [-0.3, -0.25) is 4.90 Å². The van der Waals surface area contributed by atoms with Crippen LogP contribution in [0.1, 0.15) is 25.5 Å². The lowest BCUT2D eigenvalue weighted by Gasteiger charge is -2.38. The molecule has 1 fully saturated rings. The van der Waals surface area contributed by atoms with Crippen molar-refractivity contribution in [2.75, 3.05) is 19.6 Å². The minimum atomic E-state index is -0.385. The summed E-state index contributed by atoms with van der Waals surface area (Å²) in [6.45, 7) is 7.12. The van der Waals surface area contributed by atoms with Crippen molar-refractivity contribution in [3.8, 4) is 0 Å². The van der Waals surface area contributed by atoms with E-state index in [0.29, 0.717) is 12.1 Å². The van der Waals surface area contributed by atoms with E-state index in [1.165, 1.54) is 0 Å². The average Bonchev–Trinajstić information content (AvgIpc) is 2.35. The Bertz CT molecular complexity index is 341. The van der Waals surface area contributed by atoms with Crippen LogP contribution in [0.3, 0.4) is 0 Å². The Morgan fingerprint density at radius 3 is 2.76 bits per heavy atom. The summed E-state index contributed by atoms with van der Waals surface area (Å²) in [5.74, 6) is 0. The van der Waals surface area contributed by atoms with Crippen LogP contribution in [0, 0.1) is 0 Å². The second-order valence-electron chi connectivity index (χ2n) is 5.04. The minimum Gasteiger partial charge on any atom is -0.387 e. The van der Waals surface area contributed by atoms with Gasteiger partial charge in [0.1, 0.15) is 0 Å². The van der Waals surface area contributed by atoms with Gasteiger partial charge in [-0.25, -0.2) is 0 Å². The first-order valence-electron chi connectivity index (χ1n) is 6.37. The number of aliphatic hydroxyl groups is 1. The second kappa shape index (κ2) is 5.63. The Morgan fingerprint density at radius 2 is 2.06 bits per heavy atom. The molecule has 3 heteroatoms. The standard InChI is InChI=1S/C14H22N2O/c1-11-9-16(12(2)8-15-11)10-14(17)13-6-4-3-5-7-13/h3-7,11-12,14-15,17H,8-10H2,1-2H3. The van der Waals surface area contributed by atoms with Crippen molar-refractivity contribution < 1.29 is 5.11 Å². The van der Waals surface area contributed by atoms with Gasteiger partial charge >= 0.3 is 0 Å². The zero-order valence-electron chi connectivity index (χ0n) is 10.6. The fourth-order valence-corrected chi connectivity index (χ4v) is 2.35. The van der Waals surface area contributed by atoms with E-state index in [2.05, 4.69) is 24.1 Å². The molecule has 2 N–H and O–H groups in total. The first-order chi connectivity index (χ1) is 8.16. The summed E-state index contributed by atoms with van der Waals surface area (Å²) in [7, 11) is 0. The summed E-state index contributed by atoms with van der Waals surface area (Å²) >= 11 is 0. The van der Waals surface area contributed by atoms with E-state index in [-0.39, 0.29) is 6.10 Å². The van der Waals surface area contributed by atoms with Crippen molar-refractivity contribution >= 4 is 0 Å². The smallest absolute Gasteiger partial charge is 0.0917 e. The van der Waals surface area contributed by atoms with Crippen LogP contribution in [0.5, 0.6) is 0 Å². The van der Waals surface area contributed by atoms with E-state index in [1.807, 2.05) is 30.3 Å². The number of benzene rings is 1. The van der Waals surface area contributed by atoms with Gasteiger partial charge in [0.05, 0.1) is 6.10 Å². The number of rotatable bonds is 3. The highest BCUT2D eigenvalue weighted by atomic mass is 16.3. The highest BCUT2D eigenvalue weighted by Gasteiger charge is 2.24. The lowest BCUT2D eigenvalue weighted by molar-refractivity contribution is 0.0680. The van der Waals surface area contributed by atoms with Crippen molar-refractivity contribution in [2.24, 2.45) is 0 Å². The van der Waals surface area contributed by atoms with Crippen LogP contribution in [0.2, 0.25) is 0 Å². The van der Waals surface area contributed by atoms with Gasteiger partial charge in [0.15, 0.2) is 0 Å². The van der Waals surface area contributed by atoms with E-state index in [4.69, 9.17) is 0 Å². The maximum absolute atomic E-state index is 10.2. The molecule has 0 spiro atoms. The second-order valence-corrected chi connectivity index (χ2v) is 5.04. The molecule has 94 valence electrons. The van der Waals surface area contributed by atoms with Gasteiger partial charge in [-0.05, 0) is 19.4 Å². The maximum atomic E-state index is 10.2. The molecule has 1 aliphatic rings. The van der Waals surface area contributed by atoms with Gasteiger partial charge < -0.3 is 10.4 Å². The topological polar surface area (TPSA) is 35.5 Å². The van der Waals surface area contributed by atoms with E-state index < -0.39 is 0 Å². The van der Waals surface area contributed by atoms with Crippen molar-refractivity contribution in [1.29, 1.82) is 0 Å². The molecule has 3 unspecified atom stereocenters. The molecule has 0 aromatic heterocycles. The quantitative estimate of drug-likeness (QED) is 0.830. The Morgan fingerprint density at radius 1 is 1.35 bits per heavy atom. The molecule has 2 rings (SSSR count). The van der Waals surface area contributed by atoms with Crippen molar-refractivity contribution in [3.63, 3.8) is 0 Å². The predicted octanol–water partition coefficient (Wildman–Crippen LogP) is 1.40. The van der Waals surface area contributed by atoms with Crippen LogP contribution >= 0.6 is 0 Å². The monoisotopic (exact) mass is 234 g/mol. The molecule has 0 bridgehead atoms. The van der Waals surface area contributed by atoms with E-state index in [9.17, 15) is 5.11 Å². The molecule has 3 atom stereocenters. The van der Waals surface area contributed by atoms with E-state index in [0.717, 1.165) is 25.2 Å². The number of hydrogen-bond donors (Lipinski definition) is 2. The molecule has 0 radical (unpaired) electrons. The van der Waals surface area contributed by atoms with Crippen molar-refractivity contribution in [2.45, 2.75) is 32.0 Å². The molecule has 1 heterocycles. The Balaban J connectivity index is 1.96. The lowest BCUT2D eigenvalue weighted by atomic mass is 10.1. The maximum Gasteiger partial charge on any atom is 0.0917 e. The number of β-amino-alcohol motifs (C(OH)–C–C–N with tert-alkyl or cyclic N) is 1. The first-order valence-corrected chi connectivity index (χ1v) is 6.37. The van der Waals surface area contributed by atoms with Crippen LogP contribution in [-0.2, 0) is 0 Å². The summed E-state index contributed by atoms with van der Waals surface area (Å²) in [5.41, 5.74) is 1.01. The number of nitrogens with zero attached hydrogens (tertiary/aromatic N) is 1. The van der Waals surface area contributed by atoms with Crippen LogP contribution in [0.25, 0.3) is 0 Å². The molecule has 0 aliphatic carbocycles. The first kappa shape index (κ1) is 12.6. The van der Waals surface area contributed by atoms with Gasteiger partial charge in [0.25, 0.3) is 0 Å². The average molecular weight is 234 g/mol. The zero-order valence-corrected chi connectivity index (χ0v) is 10.6. The SMILES string of the molecule is CC1CN(CC(O)c2ccccc2)C(C)CN1. The summed E-state index contributed by atoms with van der Waals surface area (Å²) in [6.07, 6.45) is -0.385. The Hall–Kier alpha value is -0.900. The molecular formula is C14H22N2O. The molecule has 17 heavy (non-hydrogen) atoms. The van der Waals surface area contributed by atoms with E-state index in [1.54, 1.807) is 0 Å². The number of piperazine rings is 1. The van der Waals surface area contributed by atoms with Crippen LogP contribution in [0.15, 0.2) is 30.3 Å². The number of hydrogen-bond acceptors (Lipinski definition) is 3. The predicted molar refractivity (Wildman–Crippen MR) is 69.9 cm³/mol. The normalized spacial score (nSPS) is 27.9.